The monoisotopic (exact) mass is 239 g/mol. The lowest BCUT2D eigenvalue weighted by molar-refractivity contribution is 0.0663. The number of hydrogen-bond donors (Lipinski definition) is 2. The molecule has 1 aromatic heterocycles. The van der Waals surface area contributed by atoms with Crippen molar-refractivity contribution in [1.82, 2.24) is 0 Å². The Kier molecular flexibility index (Phi) is 3.55. The van der Waals surface area contributed by atoms with Gasteiger partial charge in [0.2, 0.25) is 5.76 Å². The Morgan fingerprint density at radius 2 is 1.88 bits per heavy atom. The minimum Gasteiger partial charge on any atom is -0.475 e. The van der Waals surface area contributed by atoms with Gasteiger partial charge in [0.15, 0.2) is 5.88 Å². The fraction of sp³-hybridized carbons (Fsp3) is 0.615. The van der Waals surface area contributed by atoms with E-state index in [4.69, 9.17) is 9.52 Å². The molecule has 0 aromatic carbocycles. The third-order valence-corrected chi connectivity index (χ3v) is 2.25. The van der Waals surface area contributed by atoms with Crippen LogP contribution in [-0.4, -0.2) is 16.6 Å². The van der Waals surface area contributed by atoms with Gasteiger partial charge >= 0.3 is 5.97 Å². The van der Waals surface area contributed by atoms with Crippen LogP contribution in [0.5, 0.6) is 0 Å². The predicted octanol–water partition coefficient (Wildman–Crippen LogP) is 3.60. The van der Waals surface area contributed by atoms with Crippen molar-refractivity contribution >= 4 is 11.9 Å². The molecular weight excluding hydrogens is 218 g/mol. The molecule has 0 bridgehead atoms. The molecule has 2 N–H and O–H groups in total. The molecule has 0 radical (unpaired) electrons. The highest BCUT2D eigenvalue weighted by molar-refractivity contribution is 5.84. The molecule has 0 saturated carbocycles. The molecule has 1 aromatic rings. The average Bonchev–Trinajstić information content (AvgIpc) is 2.46. The summed E-state index contributed by atoms with van der Waals surface area (Å²) in [4.78, 5) is 10.7. The van der Waals surface area contributed by atoms with Gasteiger partial charge in [0, 0.05) is 11.6 Å². The van der Waals surface area contributed by atoms with Gasteiger partial charge in [-0.1, -0.05) is 20.8 Å². The number of rotatable bonds is 4. The molecular formula is C13H21NO3. The third kappa shape index (κ3) is 4.51. The fourth-order valence-corrected chi connectivity index (χ4v) is 2.22. The van der Waals surface area contributed by atoms with Gasteiger partial charge in [-0.15, -0.1) is 0 Å². The highest BCUT2D eigenvalue weighted by Gasteiger charge is 2.26. The first kappa shape index (κ1) is 13.6. The summed E-state index contributed by atoms with van der Waals surface area (Å²) in [6.07, 6.45) is 0.948. The van der Waals surface area contributed by atoms with E-state index >= 15 is 0 Å². The van der Waals surface area contributed by atoms with Gasteiger partial charge in [-0.05, 0) is 31.7 Å². The van der Waals surface area contributed by atoms with Gasteiger partial charge in [0.1, 0.15) is 0 Å². The van der Waals surface area contributed by atoms with E-state index in [1.54, 1.807) is 6.07 Å². The molecule has 0 aliphatic heterocycles. The number of carboxylic acid groups (broad SMARTS) is 1. The molecule has 0 saturated heterocycles. The van der Waals surface area contributed by atoms with Gasteiger partial charge < -0.3 is 14.8 Å². The molecule has 4 nitrogen and oxygen atoms in total. The molecule has 0 amide bonds. The first-order valence-electron chi connectivity index (χ1n) is 5.70. The molecule has 1 rings (SSSR count). The Morgan fingerprint density at radius 1 is 1.29 bits per heavy atom. The lowest BCUT2D eigenvalue weighted by atomic mass is 9.82. The van der Waals surface area contributed by atoms with Gasteiger partial charge in [0.25, 0.3) is 0 Å². The zero-order chi connectivity index (χ0) is 13.3. The van der Waals surface area contributed by atoms with Crippen LogP contribution in [0.2, 0.25) is 0 Å². The lowest BCUT2D eigenvalue weighted by Crippen LogP contribution is -2.35. The molecule has 96 valence electrons. The van der Waals surface area contributed by atoms with Crippen LogP contribution < -0.4 is 5.32 Å². The first-order valence-corrected chi connectivity index (χ1v) is 5.70. The summed E-state index contributed by atoms with van der Waals surface area (Å²) >= 11 is 0. The van der Waals surface area contributed by atoms with Crippen LogP contribution in [0.3, 0.4) is 0 Å². The average molecular weight is 239 g/mol. The standard InChI is InChI=1S/C13H21NO3/c1-12(2,3)8-13(4,5)14-10-7-6-9(17-10)11(15)16/h6-7,14H,8H2,1-5H3,(H,15,16). The number of anilines is 1. The van der Waals surface area contributed by atoms with E-state index in [0.717, 1.165) is 6.42 Å². The summed E-state index contributed by atoms with van der Waals surface area (Å²) in [6, 6.07) is 3.10. The Hall–Kier alpha value is -1.45. The van der Waals surface area contributed by atoms with Gasteiger partial charge in [-0.2, -0.15) is 0 Å². The molecule has 0 atom stereocenters. The Bertz CT molecular complexity index is 399. The molecule has 0 aliphatic rings. The zero-order valence-corrected chi connectivity index (χ0v) is 11.1. The van der Waals surface area contributed by atoms with Crippen molar-refractivity contribution in [2.45, 2.75) is 46.6 Å². The van der Waals surface area contributed by atoms with Crippen LogP contribution in [0.25, 0.3) is 0 Å². The molecule has 0 unspecified atom stereocenters. The number of hydrogen-bond acceptors (Lipinski definition) is 3. The molecule has 17 heavy (non-hydrogen) atoms. The lowest BCUT2D eigenvalue weighted by Gasteiger charge is -2.33. The molecule has 0 spiro atoms. The summed E-state index contributed by atoms with van der Waals surface area (Å²) < 4.78 is 5.18. The van der Waals surface area contributed by atoms with E-state index in [9.17, 15) is 4.79 Å². The summed E-state index contributed by atoms with van der Waals surface area (Å²) in [7, 11) is 0. The number of nitrogens with one attached hydrogen (secondary N) is 1. The topological polar surface area (TPSA) is 62.5 Å². The van der Waals surface area contributed by atoms with Crippen LogP contribution in [-0.2, 0) is 0 Å². The van der Waals surface area contributed by atoms with Crippen LogP contribution in [0.1, 0.15) is 51.6 Å². The van der Waals surface area contributed by atoms with Crippen LogP contribution in [0.4, 0.5) is 5.88 Å². The molecule has 0 aliphatic carbocycles. The van der Waals surface area contributed by atoms with Crippen LogP contribution >= 0.6 is 0 Å². The first-order chi connectivity index (χ1) is 7.59. The summed E-state index contributed by atoms with van der Waals surface area (Å²) in [5.74, 6) is -0.595. The van der Waals surface area contributed by atoms with Crippen molar-refractivity contribution < 1.29 is 14.3 Å². The zero-order valence-electron chi connectivity index (χ0n) is 11.1. The Morgan fingerprint density at radius 3 is 2.29 bits per heavy atom. The van der Waals surface area contributed by atoms with E-state index in [2.05, 4.69) is 39.9 Å². The fourth-order valence-electron chi connectivity index (χ4n) is 2.22. The van der Waals surface area contributed by atoms with Crippen LogP contribution in [0.15, 0.2) is 16.5 Å². The van der Waals surface area contributed by atoms with Gasteiger partial charge in [-0.3, -0.25) is 0 Å². The molecule has 4 heteroatoms. The second-order valence-electron chi connectivity index (χ2n) is 6.22. The van der Waals surface area contributed by atoms with Crippen molar-refractivity contribution in [3.63, 3.8) is 0 Å². The summed E-state index contributed by atoms with van der Waals surface area (Å²) in [5.41, 5.74) is 0.0462. The smallest absolute Gasteiger partial charge is 0.371 e. The van der Waals surface area contributed by atoms with Crippen molar-refractivity contribution in [3.05, 3.63) is 17.9 Å². The van der Waals surface area contributed by atoms with Crippen molar-refractivity contribution in [2.75, 3.05) is 5.32 Å². The van der Waals surface area contributed by atoms with E-state index in [0.29, 0.717) is 5.88 Å². The summed E-state index contributed by atoms with van der Waals surface area (Å²) in [6.45, 7) is 10.6. The normalized spacial score (nSPS) is 12.5. The van der Waals surface area contributed by atoms with Crippen molar-refractivity contribution in [1.29, 1.82) is 0 Å². The van der Waals surface area contributed by atoms with Crippen molar-refractivity contribution in [2.24, 2.45) is 5.41 Å². The molecule has 1 heterocycles. The second-order valence-corrected chi connectivity index (χ2v) is 6.22. The number of carboxylic acids is 1. The summed E-state index contributed by atoms with van der Waals surface area (Å²) in [5, 5.41) is 12.0. The highest BCUT2D eigenvalue weighted by Crippen LogP contribution is 2.30. The second kappa shape index (κ2) is 4.43. The number of carbonyl (C=O) groups is 1. The number of aromatic carboxylic acids is 1. The van der Waals surface area contributed by atoms with Gasteiger partial charge in [0.05, 0.1) is 0 Å². The van der Waals surface area contributed by atoms with Gasteiger partial charge in [-0.25, -0.2) is 4.79 Å². The van der Waals surface area contributed by atoms with E-state index in [1.807, 2.05) is 0 Å². The van der Waals surface area contributed by atoms with Crippen molar-refractivity contribution in [3.8, 4) is 0 Å². The SMILES string of the molecule is CC(C)(C)CC(C)(C)Nc1ccc(C(=O)O)o1. The van der Waals surface area contributed by atoms with E-state index < -0.39 is 5.97 Å². The van der Waals surface area contributed by atoms with E-state index in [-0.39, 0.29) is 16.7 Å². The maximum absolute atomic E-state index is 10.7. The highest BCUT2D eigenvalue weighted by atomic mass is 16.4. The maximum Gasteiger partial charge on any atom is 0.371 e. The quantitative estimate of drug-likeness (QED) is 0.842. The largest absolute Gasteiger partial charge is 0.475 e. The minimum atomic E-state index is -1.05. The van der Waals surface area contributed by atoms with Crippen LogP contribution in [0, 0.1) is 5.41 Å². The third-order valence-electron chi connectivity index (χ3n) is 2.25. The number of furan rings is 1. The van der Waals surface area contributed by atoms with E-state index in [1.165, 1.54) is 6.07 Å². The minimum absolute atomic E-state index is 0.0425. The maximum atomic E-state index is 10.7. The molecule has 0 fully saturated rings. The predicted molar refractivity (Wildman–Crippen MR) is 67.4 cm³/mol. The Labute approximate surface area is 102 Å². The Balaban J connectivity index is 2.72.